The lowest BCUT2D eigenvalue weighted by Gasteiger charge is -2.06. The second kappa shape index (κ2) is 6.39. The maximum absolute atomic E-state index is 4.47. The van der Waals surface area contributed by atoms with E-state index in [0.717, 1.165) is 24.2 Å². The molecule has 0 aliphatic carbocycles. The van der Waals surface area contributed by atoms with Crippen LogP contribution in [0.1, 0.15) is 24.6 Å². The topological polar surface area (TPSA) is 33.9 Å². The third kappa shape index (κ3) is 3.06. The maximum Gasteiger partial charge on any atom is 0.114 e. The molecule has 0 saturated carbocycles. The molecule has 0 spiro atoms. The zero-order chi connectivity index (χ0) is 16.4. The number of para-hydroxylation sites is 1. The molecule has 3 rings (SSSR count). The van der Waals surface area contributed by atoms with Gasteiger partial charge in [0.15, 0.2) is 0 Å². The van der Waals surface area contributed by atoms with Gasteiger partial charge in [0.05, 0.1) is 12.2 Å². The van der Waals surface area contributed by atoms with Gasteiger partial charge in [0, 0.05) is 41.8 Å². The van der Waals surface area contributed by atoms with Gasteiger partial charge in [0.2, 0.25) is 0 Å². The molecular weight excluding hydrogens is 282 g/mol. The van der Waals surface area contributed by atoms with E-state index in [0.29, 0.717) is 0 Å². The standard InChI is InChI=1S/C20H23N3/c1-14-12-22-15(2)13-21-10-9-17(14)11-19-16(3)23(4)20-8-6-5-7-18(19)20/h5-8,11-13,21H,1,9-10H2,2-4H3/p+1. The number of hydrogen-bond donors (Lipinski definition) is 1. The molecule has 0 bridgehead atoms. The Balaban J connectivity index is 2.09. The number of aryl methyl sites for hydroxylation is 1. The van der Waals surface area contributed by atoms with E-state index in [1.54, 1.807) is 0 Å². The number of aliphatic imine (C=N–C) groups is 1. The molecule has 0 unspecified atom stereocenters. The van der Waals surface area contributed by atoms with E-state index in [1.165, 1.54) is 27.7 Å². The lowest BCUT2D eigenvalue weighted by atomic mass is 10.00. The summed E-state index contributed by atoms with van der Waals surface area (Å²) in [6.45, 7) is 9.42. The van der Waals surface area contributed by atoms with E-state index in [-0.39, 0.29) is 0 Å². The average Bonchev–Trinajstić information content (AvgIpc) is 2.83. The molecule has 2 aromatic rings. The van der Waals surface area contributed by atoms with Crippen molar-refractivity contribution in [3.63, 3.8) is 0 Å². The van der Waals surface area contributed by atoms with Gasteiger partial charge in [0.25, 0.3) is 0 Å². The van der Waals surface area contributed by atoms with Crippen molar-refractivity contribution in [1.82, 2.24) is 4.57 Å². The number of allylic oxidation sites excluding steroid dienone is 2. The highest BCUT2D eigenvalue weighted by molar-refractivity contribution is 5.94. The quantitative estimate of drug-likeness (QED) is 0.838. The number of nitrogens with zero attached hydrogens (tertiary/aromatic N) is 2. The number of nitrogens with two attached hydrogens (primary N) is 1. The summed E-state index contributed by atoms with van der Waals surface area (Å²) in [7, 11) is 2.13. The molecule has 0 fully saturated rings. The molecule has 0 saturated heterocycles. The van der Waals surface area contributed by atoms with Crippen LogP contribution in [0.25, 0.3) is 17.0 Å². The SMILES string of the molecule is C=C1C=NC(C)=C[NH2+]CCC1=Cc1c(C)n(C)c2ccccc12. The van der Waals surface area contributed by atoms with Crippen LogP contribution in [0.3, 0.4) is 0 Å². The number of hydrogen-bond acceptors (Lipinski definition) is 1. The van der Waals surface area contributed by atoms with E-state index in [1.807, 2.05) is 13.1 Å². The molecule has 3 heteroatoms. The van der Waals surface area contributed by atoms with Gasteiger partial charge in [-0.05, 0) is 37.1 Å². The van der Waals surface area contributed by atoms with Crippen LogP contribution < -0.4 is 5.32 Å². The Morgan fingerprint density at radius 2 is 2.04 bits per heavy atom. The molecule has 118 valence electrons. The number of rotatable bonds is 1. The van der Waals surface area contributed by atoms with Gasteiger partial charge in [-0.15, -0.1) is 0 Å². The van der Waals surface area contributed by atoms with Gasteiger partial charge in [-0.3, -0.25) is 4.99 Å². The van der Waals surface area contributed by atoms with Crippen molar-refractivity contribution < 1.29 is 5.32 Å². The van der Waals surface area contributed by atoms with Crippen LogP contribution in [-0.2, 0) is 7.05 Å². The Hall–Kier alpha value is -2.39. The monoisotopic (exact) mass is 306 g/mol. The van der Waals surface area contributed by atoms with Gasteiger partial charge < -0.3 is 9.88 Å². The Labute approximate surface area is 137 Å². The van der Waals surface area contributed by atoms with Crippen molar-refractivity contribution in [3.8, 4) is 0 Å². The van der Waals surface area contributed by atoms with Crippen molar-refractivity contribution in [2.75, 3.05) is 6.54 Å². The normalized spacial score (nSPS) is 18.0. The third-order valence-corrected chi connectivity index (χ3v) is 4.54. The van der Waals surface area contributed by atoms with Crippen LogP contribution in [0.5, 0.6) is 0 Å². The minimum absolute atomic E-state index is 0.983. The Morgan fingerprint density at radius 1 is 1.26 bits per heavy atom. The summed E-state index contributed by atoms with van der Waals surface area (Å²) < 4.78 is 2.26. The molecule has 0 radical (unpaired) electrons. The van der Waals surface area contributed by atoms with Crippen molar-refractivity contribution >= 4 is 23.2 Å². The van der Waals surface area contributed by atoms with Crippen molar-refractivity contribution in [1.29, 1.82) is 0 Å². The fraction of sp³-hybridized carbons (Fsp3) is 0.250. The minimum atomic E-state index is 0.983. The Kier molecular flexibility index (Phi) is 4.30. The number of quaternary nitrogens is 1. The van der Waals surface area contributed by atoms with Crippen LogP contribution in [0.4, 0.5) is 0 Å². The molecule has 2 heterocycles. The molecule has 1 aliphatic heterocycles. The van der Waals surface area contributed by atoms with Gasteiger partial charge in [-0.25, -0.2) is 0 Å². The lowest BCUT2D eigenvalue weighted by Crippen LogP contribution is -2.78. The smallest absolute Gasteiger partial charge is 0.114 e. The molecule has 23 heavy (non-hydrogen) atoms. The first kappa shape index (κ1) is 15.5. The van der Waals surface area contributed by atoms with Crippen LogP contribution in [-0.4, -0.2) is 17.3 Å². The first-order valence-electron chi connectivity index (χ1n) is 8.06. The summed E-state index contributed by atoms with van der Waals surface area (Å²) in [6, 6.07) is 8.56. The fourth-order valence-electron chi connectivity index (χ4n) is 3.03. The third-order valence-electron chi connectivity index (χ3n) is 4.54. The van der Waals surface area contributed by atoms with E-state index in [4.69, 9.17) is 0 Å². The van der Waals surface area contributed by atoms with Gasteiger partial charge in [-0.1, -0.05) is 24.8 Å². The van der Waals surface area contributed by atoms with Gasteiger partial charge in [0.1, 0.15) is 6.20 Å². The molecule has 0 atom stereocenters. The first-order valence-corrected chi connectivity index (χ1v) is 8.06. The summed E-state index contributed by atoms with van der Waals surface area (Å²) in [5, 5.41) is 3.48. The number of benzene rings is 1. The second-order valence-electron chi connectivity index (χ2n) is 6.11. The van der Waals surface area contributed by atoms with Crippen molar-refractivity contribution in [3.05, 3.63) is 65.1 Å². The van der Waals surface area contributed by atoms with E-state index in [9.17, 15) is 0 Å². The molecule has 3 nitrogen and oxygen atoms in total. The lowest BCUT2D eigenvalue weighted by molar-refractivity contribution is -0.587. The largest absolute Gasteiger partial charge is 0.347 e. The predicted octanol–water partition coefficient (Wildman–Crippen LogP) is 3.33. The van der Waals surface area contributed by atoms with E-state index >= 15 is 0 Å². The first-order chi connectivity index (χ1) is 11.1. The molecular formula is C20H24N3+. The molecule has 0 amide bonds. The van der Waals surface area contributed by atoms with Gasteiger partial charge in [-0.2, -0.15) is 0 Å². The number of aromatic nitrogens is 1. The van der Waals surface area contributed by atoms with Gasteiger partial charge >= 0.3 is 0 Å². The van der Waals surface area contributed by atoms with Crippen molar-refractivity contribution in [2.24, 2.45) is 12.0 Å². The zero-order valence-electron chi connectivity index (χ0n) is 14.1. The molecule has 2 N–H and O–H groups in total. The molecule has 1 aromatic heterocycles. The van der Waals surface area contributed by atoms with Crippen LogP contribution in [0.15, 0.2) is 58.9 Å². The highest BCUT2D eigenvalue weighted by Crippen LogP contribution is 2.28. The highest BCUT2D eigenvalue weighted by atomic mass is 14.9. The van der Waals surface area contributed by atoms with Crippen LogP contribution >= 0.6 is 0 Å². The molecule has 1 aliphatic rings. The Morgan fingerprint density at radius 3 is 2.87 bits per heavy atom. The van der Waals surface area contributed by atoms with E-state index in [2.05, 4.69) is 72.0 Å². The predicted molar refractivity (Wildman–Crippen MR) is 98.4 cm³/mol. The summed E-state index contributed by atoms with van der Waals surface area (Å²) >= 11 is 0. The molecule has 1 aromatic carbocycles. The summed E-state index contributed by atoms with van der Waals surface area (Å²) in [4.78, 5) is 4.47. The number of fused-ring (bicyclic) bond motifs is 1. The summed E-state index contributed by atoms with van der Waals surface area (Å²) in [5.74, 6) is 0. The maximum atomic E-state index is 4.47. The second-order valence-corrected chi connectivity index (χ2v) is 6.11. The van der Waals surface area contributed by atoms with E-state index < -0.39 is 0 Å². The van der Waals surface area contributed by atoms with Crippen LogP contribution in [0, 0.1) is 6.92 Å². The highest BCUT2D eigenvalue weighted by Gasteiger charge is 2.12. The van der Waals surface area contributed by atoms with Crippen molar-refractivity contribution in [2.45, 2.75) is 20.3 Å². The zero-order valence-corrected chi connectivity index (χ0v) is 14.1. The minimum Gasteiger partial charge on any atom is -0.347 e. The fourth-order valence-corrected chi connectivity index (χ4v) is 3.03. The summed E-state index contributed by atoms with van der Waals surface area (Å²) in [5.41, 5.74) is 7.11. The Bertz CT molecular complexity index is 847. The summed E-state index contributed by atoms with van der Waals surface area (Å²) in [6.07, 6.45) is 7.24. The van der Waals surface area contributed by atoms with Crippen LogP contribution in [0.2, 0.25) is 0 Å². The average molecular weight is 306 g/mol.